The topological polar surface area (TPSA) is 158 Å². The molecule has 1 aliphatic heterocycles. The van der Waals surface area contributed by atoms with Crippen LogP contribution in [0, 0.1) is 12.7 Å². The van der Waals surface area contributed by atoms with Crippen molar-refractivity contribution in [3.63, 3.8) is 0 Å². The number of phenols is 1. The Labute approximate surface area is 231 Å². The summed E-state index contributed by atoms with van der Waals surface area (Å²) >= 11 is 6.31. The number of rotatable bonds is 6. The number of hydrogen-bond donors (Lipinski definition) is 3. The molecule has 0 spiro atoms. The molecule has 1 aliphatic rings. The van der Waals surface area contributed by atoms with E-state index in [1.165, 1.54) is 34.6 Å². The number of nitrogens with two attached hydrogens (primary N) is 1. The molecule has 1 aromatic carbocycles. The van der Waals surface area contributed by atoms with E-state index in [0.29, 0.717) is 43.6 Å². The number of hydrogen-bond acceptors (Lipinski definition) is 8. The SMILES string of the molecule is Cc1nc2c(c(-c3cc(F)c(O)c(C(N)=O)c3)cn2CC(=O)Nc2cc(N3CCOCC3)ncc2Cl)c(=O)n1C. The fourth-order valence-corrected chi connectivity index (χ4v) is 4.69. The average molecular weight is 570 g/mol. The number of anilines is 2. The van der Waals surface area contributed by atoms with Gasteiger partial charge in [0.05, 0.1) is 41.1 Å². The van der Waals surface area contributed by atoms with E-state index in [2.05, 4.69) is 15.3 Å². The van der Waals surface area contributed by atoms with E-state index in [-0.39, 0.29) is 33.7 Å². The van der Waals surface area contributed by atoms with E-state index >= 15 is 0 Å². The molecule has 208 valence electrons. The number of ether oxygens (including phenoxy) is 1. The highest BCUT2D eigenvalue weighted by Gasteiger charge is 2.23. The van der Waals surface area contributed by atoms with Gasteiger partial charge in [0.2, 0.25) is 5.91 Å². The quantitative estimate of drug-likeness (QED) is 0.319. The number of aromatic nitrogens is 4. The molecule has 3 aromatic heterocycles. The number of amides is 2. The number of aryl methyl sites for hydroxylation is 1. The molecule has 4 aromatic rings. The molecule has 0 radical (unpaired) electrons. The van der Waals surface area contributed by atoms with Crippen molar-refractivity contribution < 1.29 is 23.8 Å². The smallest absolute Gasteiger partial charge is 0.263 e. The van der Waals surface area contributed by atoms with E-state index in [9.17, 15) is 23.9 Å². The van der Waals surface area contributed by atoms with Gasteiger partial charge in [0.25, 0.3) is 11.5 Å². The van der Waals surface area contributed by atoms with Gasteiger partial charge in [0.15, 0.2) is 11.6 Å². The number of nitrogens with one attached hydrogen (secondary N) is 1. The lowest BCUT2D eigenvalue weighted by atomic mass is 10.0. The number of carbonyl (C=O) groups is 2. The largest absolute Gasteiger partial charge is 0.504 e. The van der Waals surface area contributed by atoms with Crippen molar-refractivity contribution in [3.05, 3.63) is 63.2 Å². The Balaban J connectivity index is 1.54. The van der Waals surface area contributed by atoms with E-state index in [0.717, 1.165) is 6.07 Å². The fourth-order valence-electron chi connectivity index (χ4n) is 4.53. The molecule has 0 atom stereocenters. The van der Waals surface area contributed by atoms with E-state index < -0.39 is 34.5 Å². The molecule has 0 saturated carbocycles. The normalized spacial score (nSPS) is 13.6. The molecule has 0 bridgehead atoms. The molecule has 40 heavy (non-hydrogen) atoms. The average Bonchev–Trinajstić information content (AvgIpc) is 3.28. The summed E-state index contributed by atoms with van der Waals surface area (Å²) in [5, 5.41) is 13.1. The van der Waals surface area contributed by atoms with Crippen LogP contribution in [0.4, 0.5) is 15.9 Å². The Morgan fingerprint density at radius 2 is 1.98 bits per heavy atom. The van der Waals surface area contributed by atoms with Gasteiger partial charge in [-0.3, -0.25) is 19.0 Å². The van der Waals surface area contributed by atoms with E-state index in [4.69, 9.17) is 22.1 Å². The minimum Gasteiger partial charge on any atom is -0.504 e. The first-order valence-electron chi connectivity index (χ1n) is 12.2. The van der Waals surface area contributed by atoms with Gasteiger partial charge in [-0.05, 0) is 24.6 Å². The Kier molecular flexibility index (Phi) is 7.17. The Morgan fingerprint density at radius 3 is 2.67 bits per heavy atom. The lowest BCUT2D eigenvalue weighted by Crippen LogP contribution is -2.36. The number of aromatic hydroxyl groups is 1. The monoisotopic (exact) mass is 569 g/mol. The molecule has 4 heterocycles. The van der Waals surface area contributed by atoms with Crippen molar-refractivity contribution in [1.82, 2.24) is 19.1 Å². The van der Waals surface area contributed by atoms with Gasteiger partial charge in [0, 0.05) is 38.0 Å². The minimum absolute atomic E-state index is 0.0953. The Morgan fingerprint density at radius 1 is 1.25 bits per heavy atom. The molecular weight excluding hydrogens is 545 g/mol. The van der Waals surface area contributed by atoms with Crippen LogP contribution in [0.15, 0.2) is 35.4 Å². The third kappa shape index (κ3) is 4.96. The summed E-state index contributed by atoms with van der Waals surface area (Å²) in [5.41, 5.74) is 5.24. The second-order valence-electron chi connectivity index (χ2n) is 9.28. The first kappa shape index (κ1) is 27.1. The first-order valence-corrected chi connectivity index (χ1v) is 12.6. The van der Waals surface area contributed by atoms with Crippen molar-refractivity contribution in [1.29, 1.82) is 0 Å². The second-order valence-corrected chi connectivity index (χ2v) is 9.69. The third-order valence-electron chi connectivity index (χ3n) is 6.73. The molecule has 1 saturated heterocycles. The maximum atomic E-state index is 14.5. The van der Waals surface area contributed by atoms with Crippen molar-refractivity contribution in [3.8, 4) is 16.9 Å². The highest BCUT2D eigenvalue weighted by Crippen LogP contribution is 2.33. The Bertz CT molecular complexity index is 1730. The number of benzene rings is 1. The van der Waals surface area contributed by atoms with Gasteiger partial charge in [-0.1, -0.05) is 11.6 Å². The Hall–Kier alpha value is -4.49. The van der Waals surface area contributed by atoms with E-state index in [1.54, 1.807) is 13.0 Å². The lowest BCUT2D eigenvalue weighted by Gasteiger charge is -2.28. The summed E-state index contributed by atoms with van der Waals surface area (Å²) in [6, 6.07) is 3.83. The van der Waals surface area contributed by atoms with Gasteiger partial charge < -0.3 is 30.4 Å². The van der Waals surface area contributed by atoms with Crippen LogP contribution in [0.5, 0.6) is 5.75 Å². The van der Waals surface area contributed by atoms with Crippen LogP contribution in [0.3, 0.4) is 0 Å². The van der Waals surface area contributed by atoms with Gasteiger partial charge in [-0.2, -0.15) is 0 Å². The molecule has 4 N–H and O–H groups in total. The zero-order chi connectivity index (χ0) is 28.7. The molecule has 14 heteroatoms. The molecule has 2 amide bonds. The summed E-state index contributed by atoms with van der Waals surface area (Å²) in [6.07, 6.45) is 2.91. The van der Waals surface area contributed by atoms with Crippen molar-refractivity contribution in [2.24, 2.45) is 12.8 Å². The van der Waals surface area contributed by atoms with Crippen LogP contribution in [0.25, 0.3) is 22.2 Å². The number of morpholine rings is 1. The van der Waals surface area contributed by atoms with Crippen molar-refractivity contribution in [2.75, 3.05) is 36.5 Å². The zero-order valence-corrected chi connectivity index (χ0v) is 22.3. The van der Waals surface area contributed by atoms with Crippen LogP contribution in [0.1, 0.15) is 16.2 Å². The zero-order valence-electron chi connectivity index (χ0n) is 21.6. The number of fused-ring (bicyclic) bond motifs is 1. The number of primary amides is 1. The van der Waals surface area contributed by atoms with Crippen LogP contribution >= 0.6 is 11.6 Å². The number of pyridine rings is 1. The number of nitrogens with zero attached hydrogens (tertiary/aromatic N) is 5. The molecular formula is C26H25ClFN7O5. The van der Waals surface area contributed by atoms with Crippen LogP contribution in [0.2, 0.25) is 5.02 Å². The highest BCUT2D eigenvalue weighted by atomic mass is 35.5. The highest BCUT2D eigenvalue weighted by molar-refractivity contribution is 6.33. The maximum absolute atomic E-state index is 14.5. The van der Waals surface area contributed by atoms with Gasteiger partial charge in [-0.25, -0.2) is 14.4 Å². The number of halogens is 2. The van der Waals surface area contributed by atoms with Crippen LogP contribution in [-0.4, -0.2) is 62.3 Å². The standard InChI is InChI=1S/C26H25ClFN7O5/c1-13-31-25-22(26(39)33(13)2)16(14-7-15(24(29)38)23(37)18(28)8-14)11-35(25)12-21(36)32-19-9-20(30-10-17(19)27)34-3-5-40-6-4-34/h7-11,37H,3-6,12H2,1-2H3,(H2,29,38)(H,30,32,36). The summed E-state index contributed by atoms with van der Waals surface area (Å²) in [4.78, 5) is 49.1. The van der Waals surface area contributed by atoms with E-state index in [1.807, 2.05) is 4.90 Å². The predicted molar refractivity (Wildman–Crippen MR) is 146 cm³/mol. The summed E-state index contributed by atoms with van der Waals surface area (Å²) < 4.78 is 22.7. The summed E-state index contributed by atoms with van der Waals surface area (Å²) in [7, 11) is 1.53. The summed E-state index contributed by atoms with van der Waals surface area (Å²) in [5.74, 6) is -2.49. The van der Waals surface area contributed by atoms with Gasteiger partial charge in [-0.15, -0.1) is 0 Å². The van der Waals surface area contributed by atoms with Crippen LogP contribution < -0.4 is 21.5 Å². The molecule has 1 fully saturated rings. The van der Waals surface area contributed by atoms with Gasteiger partial charge >= 0.3 is 0 Å². The maximum Gasteiger partial charge on any atom is 0.263 e. The van der Waals surface area contributed by atoms with Crippen LogP contribution in [-0.2, 0) is 23.1 Å². The van der Waals surface area contributed by atoms with Gasteiger partial charge in [0.1, 0.15) is 23.8 Å². The lowest BCUT2D eigenvalue weighted by molar-refractivity contribution is -0.116. The fraction of sp³-hybridized carbons (Fsp3) is 0.269. The molecule has 0 aliphatic carbocycles. The molecule has 12 nitrogen and oxygen atoms in total. The van der Waals surface area contributed by atoms with Crippen molar-refractivity contribution in [2.45, 2.75) is 13.5 Å². The predicted octanol–water partition coefficient (Wildman–Crippen LogP) is 2.18. The second kappa shape index (κ2) is 10.6. The van der Waals surface area contributed by atoms with Crippen molar-refractivity contribution >= 4 is 46.0 Å². The molecule has 0 unspecified atom stereocenters. The molecule has 5 rings (SSSR count). The third-order valence-corrected chi connectivity index (χ3v) is 7.03. The number of carbonyl (C=O) groups excluding carboxylic acids is 2. The minimum atomic E-state index is -1.09. The first-order chi connectivity index (χ1) is 19.0. The summed E-state index contributed by atoms with van der Waals surface area (Å²) in [6.45, 7) is 3.78.